The number of hydrogen-bond acceptors (Lipinski definition) is 5. The highest BCUT2D eigenvalue weighted by atomic mass is 16.5. The summed E-state index contributed by atoms with van der Waals surface area (Å²) in [4.78, 5) is 12.0. The van der Waals surface area contributed by atoms with Crippen molar-refractivity contribution in [3.63, 3.8) is 0 Å². The largest absolute Gasteiger partial charge is 0.464 e. The fourth-order valence-electron chi connectivity index (χ4n) is 2.49. The summed E-state index contributed by atoms with van der Waals surface area (Å²) in [5.41, 5.74) is 7.96. The summed E-state index contributed by atoms with van der Waals surface area (Å²) < 4.78 is 11.9. The predicted octanol–water partition coefficient (Wildman–Crippen LogP) is 3.29. The lowest BCUT2D eigenvalue weighted by atomic mass is 10.1. The van der Waals surface area contributed by atoms with Crippen LogP contribution in [-0.4, -0.2) is 17.6 Å². The first-order valence-corrected chi connectivity index (χ1v) is 7.21. The highest BCUT2D eigenvalue weighted by Gasteiger charge is 2.21. The smallest absolute Gasteiger partial charge is 0.357 e. The predicted molar refractivity (Wildman–Crippen MR) is 88.7 cm³/mol. The van der Waals surface area contributed by atoms with Gasteiger partial charge in [0, 0.05) is 17.4 Å². The lowest BCUT2D eigenvalue weighted by Gasteiger charge is -2.09. The molecule has 0 atom stereocenters. The van der Waals surface area contributed by atoms with Crippen LogP contribution in [0.25, 0.3) is 17.0 Å². The van der Waals surface area contributed by atoms with Gasteiger partial charge in [0.1, 0.15) is 17.6 Å². The summed E-state index contributed by atoms with van der Waals surface area (Å²) in [7, 11) is 1.27. The fourth-order valence-corrected chi connectivity index (χ4v) is 2.49. The quantitative estimate of drug-likeness (QED) is 0.747. The van der Waals surface area contributed by atoms with Gasteiger partial charge in [-0.05, 0) is 43.3 Å². The first kappa shape index (κ1) is 15.4. The molecule has 0 bridgehead atoms. The number of nitrogen functional groups attached to an aromatic ring is 1. The molecule has 0 radical (unpaired) electrons. The molecule has 0 fully saturated rings. The molecule has 0 aliphatic heterocycles. The van der Waals surface area contributed by atoms with Gasteiger partial charge >= 0.3 is 5.97 Å². The van der Waals surface area contributed by atoms with E-state index in [4.69, 9.17) is 20.1 Å². The highest BCUT2D eigenvalue weighted by Crippen LogP contribution is 2.27. The van der Waals surface area contributed by atoms with E-state index in [0.717, 1.165) is 17.1 Å². The molecule has 2 N–H and O–H groups in total. The molecule has 2 aromatic heterocycles. The zero-order chi connectivity index (χ0) is 17.3. The zero-order valence-corrected chi connectivity index (χ0v) is 13.2. The Morgan fingerprint density at radius 3 is 2.50 bits per heavy atom. The van der Waals surface area contributed by atoms with E-state index >= 15 is 0 Å². The maximum Gasteiger partial charge on any atom is 0.357 e. The van der Waals surface area contributed by atoms with Crippen molar-refractivity contribution < 1.29 is 13.9 Å². The number of hydrogen-bond donors (Lipinski definition) is 1. The summed E-state index contributed by atoms with van der Waals surface area (Å²) in [6.45, 7) is 1.88. The number of furan rings is 1. The fraction of sp³-hybridized carbons (Fsp3) is 0.111. The van der Waals surface area contributed by atoms with Crippen LogP contribution in [0.2, 0.25) is 0 Å². The molecular weight excluding hydrogens is 306 g/mol. The maximum absolute atomic E-state index is 12.0. The SMILES string of the molecule is COC(=O)c1c(N)c(C#N)cn1-c1ccc(-c2ccc(C)o2)cc1. The van der Waals surface area contributed by atoms with Crippen molar-refractivity contribution in [2.75, 3.05) is 12.8 Å². The Balaban J connectivity index is 2.06. The molecule has 0 saturated carbocycles. The highest BCUT2D eigenvalue weighted by molar-refractivity contribution is 5.96. The first-order chi connectivity index (χ1) is 11.5. The van der Waals surface area contributed by atoms with Gasteiger partial charge in [0.15, 0.2) is 5.69 Å². The van der Waals surface area contributed by atoms with Crippen LogP contribution < -0.4 is 5.73 Å². The minimum Gasteiger partial charge on any atom is -0.464 e. The molecule has 24 heavy (non-hydrogen) atoms. The van der Waals surface area contributed by atoms with Gasteiger partial charge in [-0.3, -0.25) is 0 Å². The Bertz CT molecular complexity index is 943. The Labute approximate surface area is 138 Å². The van der Waals surface area contributed by atoms with E-state index in [1.807, 2.05) is 49.4 Å². The minimum atomic E-state index is -0.597. The normalized spacial score (nSPS) is 10.4. The lowest BCUT2D eigenvalue weighted by molar-refractivity contribution is 0.0593. The number of carbonyl (C=O) groups excluding carboxylic acids is 1. The molecule has 1 aromatic carbocycles. The average molecular weight is 321 g/mol. The number of nitrogens with two attached hydrogens (primary N) is 1. The molecule has 3 aromatic rings. The zero-order valence-electron chi connectivity index (χ0n) is 13.2. The molecule has 120 valence electrons. The van der Waals surface area contributed by atoms with E-state index in [-0.39, 0.29) is 16.9 Å². The first-order valence-electron chi connectivity index (χ1n) is 7.21. The molecule has 2 heterocycles. The van der Waals surface area contributed by atoms with Crippen molar-refractivity contribution in [3.05, 3.63) is 59.6 Å². The number of aromatic nitrogens is 1. The standard InChI is InChI=1S/C18H15N3O3/c1-11-3-8-15(24-11)12-4-6-14(7-5-12)21-10-13(9-19)16(20)17(21)18(22)23-2/h3-8,10H,20H2,1-2H3. The van der Waals surface area contributed by atoms with Gasteiger partial charge in [-0.2, -0.15) is 5.26 Å². The van der Waals surface area contributed by atoms with E-state index in [1.165, 1.54) is 13.3 Å². The second kappa shape index (κ2) is 5.97. The summed E-state index contributed by atoms with van der Waals surface area (Å²) in [6, 6.07) is 13.1. The number of benzene rings is 1. The van der Waals surface area contributed by atoms with Crippen molar-refractivity contribution >= 4 is 11.7 Å². The van der Waals surface area contributed by atoms with Crippen LogP contribution >= 0.6 is 0 Å². The number of nitriles is 1. The molecular formula is C18H15N3O3. The van der Waals surface area contributed by atoms with Gasteiger partial charge in [0.2, 0.25) is 0 Å². The number of aryl methyl sites for hydroxylation is 1. The molecule has 0 unspecified atom stereocenters. The van der Waals surface area contributed by atoms with Gasteiger partial charge in [-0.1, -0.05) is 0 Å². The van der Waals surface area contributed by atoms with Crippen LogP contribution in [0.5, 0.6) is 0 Å². The number of rotatable bonds is 3. The van der Waals surface area contributed by atoms with Gasteiger partial charge in [-0.15, -0.1) is 0 Å². The van der Waals surface area contributed by atoms with E-state index in [2.05, 4.69) is 0 Å². The maximum atomic E-state index is 12.0. The van der Waals surface area contributed by atoms with Crippen LogP contribution in [0.3, 0.4) is 0 Å². The van der Waals surface area contributed by atoms with E-state index < -0.39 is 5.97 Å². The molecule has 0 spiro atoms. The number of carbonyl (C=O) groups is 1. The van der Waals surface area contributed by atoms with Gasteiger partial charge in [0.25, 0.3) is 0 Å². The number of esters is 1. The van der Waals surface area contributed by atoms with Crippen molar-refractivity contribution in [1.29, 1.82) is 5.26 Å². The molecule has 0 aliphatic carbocycles. The molecule has 0 amide bonds. The summed E-state index contributed by atoms with van der Waals surface area (Å²) in [5, 5.41) is 9.14. The van der Waals surface area contributed by atoms with Crippen LogP contribution in [0.15, 0.2) is 47.0 Å². The third kappa shape index (κ3) is 2.52. The second-order valence-corrected chi connectivity index (χ2v) is 5.24. The molecule has 0 saturated heterocycles. The van der Waals surface area contributed by atoms with Gasteiger partial charge in [-0.25, -0.2) is 4.79 Å². The van der Waals surface area contributed by atoms with Crippen molar-refractivity contribution in [2.24, 2.45) is 0 Å². The number of anilines is 1. The van der Waals surface area contributed by atoms with Crippen LogP contribution in [0.4, 0.5) is 5.69 Å². The average Bonchev–Trinajstić information content (AvgIpc) is 3.17. The second-order valence-electron chi connectivity index (χ2n) is 5.24. The van der Waals surface area contributed by atoms with E-state index in [0.29, 0.717) is 5.69 Å². The Hall–Kier alpha value is -3.46. The minimum absolute atomic E-state index is 0.107. The molecule has 0 aliphatic rings. The summed E-state index contributed by atoms with van der Waals surface area (Å²) in [6.07, 6.45) is 1.52. The number of ether oxygens (including phenoxy) is 1. The van der Waals surface area contributed by atoms with Crippen molar-refractivity contribution in [3.8, 4) is 23.1 Å². The van der Waals surface area contributed by atoms with Gasteiger partial charge < -0.3 is 19.5 Å². The van der Waals surface area contributed by atoms with Crippen LogP contribution in [0.1, 0.15) is 21.8 Å². The topological polar surface area (TPSA) is 94.2 Å². The van der Waals surface area contributed by atoms with Gasteiger partial charge in [0.05, 0.1) is 18.4 Å². The third-order valence-corrected chi connectivity index (χ3v) is 3.71. The van der Waals surface area contributed by atoms with Crippen molar-refractivity contribution in [1.82, 2.24) is 4.57 Å². The number of nitrogens with zero attached hydrogens (tertiary/aromatic N) is 2. The Kier molecular flexibility index (Phi) is 3.84. The molecule has 6 nitrogen and oxygen atoms in total. The third-order valence-electron chi connectivity index (χ3n) is 3.71. The summed E-state index contributed by atoms with van der Waals surface area (Å²) in [5.74, 6) is 0.996. The van der Waals surface area contributed by atoms with Crippen LogP contribution in [-0.2, 0) is 4.74 Å². The molecule has 6 heteroatoms. The summed E-state index contributed by atoms with van der Waals surface area (Å²) >= 11 is 0. The van der Waals surface area contributed by atoms with Crippen LogP contribution in [0, 0.1) is 18.3 Å². The Morgan fingerprint density at radius 2 is 1.96 bits per heavy atom. The monoisotopic (exact) mass is 321 g/mol. The lowest BCUT2D eigenvalue weighted by Crippen LogP contribution is -2.11. The Morgan fingerprint density at radius 1 is 1.25 bits per heavy atom. The van der Waals surface area contributed by atoms with E-state index in [9.17, 15) is 4.79 Å². The number of methoxy groups -OCH3 is 1. The van der Waals surface area contributed by atoms with Crippen molar-refractivity contribution in [2.45, 2.75) is 6.92 Å². The molecule has 3 rings (SSSR count). The van der Waals surface area contributed by atoms with E-state index in [1.54, 1.807) is 4.57 Å².